The summed E-state index contributed by atoms with van der Waals surface area (Å²) in [7, 11) is 3.89. The molecule has 0 fully saturated rings. The first-order chi connectivity index (χ1) is 6.44. The summed E-state index contributed by atoms with van der Waals surface area (Å²) in [5, 5.41) is 0. The molecule has 2 nitrogen and oxygen atoms in total. The van der Waals surface area contributed by atoms with Gasteiger partial charge in [-0.2, -0.15) is 0 Å². The first-order valence-corrected chi connectivity index (χ1v) is 4.84. The standard InChI is InChI=1S/C11H14BNO/c1-11(2)8-5-4-7(12)6-9(8)13(3)10(11)14/h4-6H,12H2,1-3H3. The average Bonchev–Trinajstić information content (AvgIpc) is 2.28. The number of nitrogens with zero attached hydrogens (tertiary/aromatic N) is 1. The number of hydrogen-bond acceptors (Lipinski definition) is 1. The van der Waals surface area contributed by atoms with Crippen LogP contribution >= 0.6 is 0 Å². The SMILES string of the molecule is Bc1ccc2c(c1)N(C)C(=O)C2(C)C. The fourth-order valence-electron chi connectivity index (χ4n) is 2.09. The van der Waals surface area contributed by atoms with Crippen molar-refractivity contribution in [2.45, 2.75) is 19.3 Å². The zero-order valence-corrected chi connectivity index (χ0v) is 9.09. The van der Waals surface area contributed by atoms with Crippen LogP contribution in [-0.4, -0.2) is 20.8 Å². The average molecular weight is 187 g/mol. The van der Waals surface area contributed by atoms with Gasteiger partial charge in [-0.1, -0.05) is 17.6 Å². The van der Waals surface area contributed by atoms with Crippen LogP contribution in [-0.2, 0) is 10.2 Å². The van der Waals surface area contributed by atoms with Crippen molar-refractivity contribution in [1.29, 1.82) is 0 Å². The van der Waals surface area contributed by atoms with E-state index in [0.717, 1.165) is 11.3 Å². The topological polar surface area (TPSA) is 20.3 Å². The number of anilines is 1. The molecule has 3 heteroatoms. The smallest absolute Gasteiger partial charge is 0.236 e. The van der Waals surface area contributed by atoms with Crippen molar-refractivity contribution >= 4 is 24.9 Å². The van der Waals surface area contributed by atoms with E-state index in [9.17, 15) is 4.79 Å². The molecule has 1 aromatic carbocycles. The normalized spacial score (nSPS) is 18.5. The Morgan fingerprint density at radius 3 is 2.64 bits per heavy atom. The molecule has 2 rings (SSSR count). The first-order valence-electron chi connectivity index (χ1n) is 4.84. The number of fused-ring (bicyclic) bond motifs is 1. The van der Waals surface area contributed by atoms with E-state index in [4.69, 9.17) is 0 Å². The summed E-state index contributed by atoms with van der Waals surface area (Å²) < 4.78 is 0. The van der Waals surface area contributed by atoms with Crippen LogP contribution in [0.1, 0.15) is 19.4 Å². The lowest BCUT2D eigenvalue weighted by Crippen LogP contribution is -2.33. The van der Waals surface area contributed by atoms with Crippen molar-refractivity contribution < 1.29 is 4.79 Å². The molecule has 1 aromatic rings. The second-order valence-corrected chi connectivity index (χ2v) is 4.51. The highest BCUT2D eigenvalue weighted by atomic mass is 16.2. The largest absolute Gasteiger partial charge is 0.314 e. The minimum atomic E-state index is -0.363. The Labute approximate surface area is 85.3 Å². The minimum absolute atomic E-state index is 0.179. The van der Waals surface area contributed by atoms with Gasteiger partial charge >= 0.3 is 0 Å². The van der Waals surface area contributed by atoms with Crippen LogP contribution in [0.15, 0.2) is 18.2 Å². The summed E-state index contributed by atoms with van der Waals surface area (Å²) in [6, 6.07) is 6.20. The van der Waals surface area contributed by atoms with Crippen LogP contribution in [0.25, 0.3) is 0 Å². The zero-order valence-electron chi connectivity index (χ0n) is 9.09. The second kappa shape index (κ2) is 2.63. The summed E-state index contributed by atoms with van der Waals surface area (Å²) in [6.07, 6.45) is 0. The number of benzene rings is 1. The molecular formula is C11H14BNO. The Hall–Kier alpha value is -1.25. The summed E-state index contributed by atoms with van der Waals surface area (Å²) in [6.45, 7) is 3.96. The maximum absolute atomic E-state index is 11.9. The van der Waals surface area contributed by atoms with E-state index in [1.165, 1.54) is 5.46 Å². The van der Waals surface area contributed by atoms with Crippen molar-refractivity contribution in [3.05, 3.63) is 23.8 Å². The number of carbonyl (C=O) groups excluding carboxylic acids is 1. The molecule has 0 aliphatic carbocycles. The highest BCUT2D eigenvalue weighted by molar-refractivity contribution is 6.33. The molecule has 0 atom stereocenters. The van der Waals surface area contributed by atoms with Crippen LogP contribution in [0.5, 0.6) is 0 Å². The number of rotatable bonds is 0. The Bertz CT molecular complexity index is 412. The van der Waals surface area contributed by atoms with Crippen LogP contribution in [0, 0.1) is 0 Å². The third-order valence-electron chi connectivity index (χ3n) is 3.03. The Morgan fingerprint density at radius 1 is 1.36 bits per heavy atom. The third kappa shape index (κ3) is 1.01. The molecule has 0 aromatic heterocycles. The van der Waals surface area contributed by atoms with E-state index in [1.54, 1.807) is 4.90 Å². The molecule has 0 N–H and O–H groups in total. The molecule has 1 amide bonds. The van der Waals surface area contributed by atoms with E-state index in [0.29, 0.717) is 0 Å². The van der Waals surface area contributed by atoms with Gasteiger partial charge < -0.3 is 4.90 Å². The molecule has 0 radical (unpaired) electrons. The van der Waals surface area contributed by atoms with Crippen LogP contribution < -0.4 is 10.4 Å². The predicted molar refractivity (Wildman–Crippen MR) is 61.1 cm³/mol. The number of hydrogen-bond donors (Lipinski definition) is 0. The van der Waals surface area contributed by atoms with Gasteiger partial charge in [0.05, 0.1) is 5.41 Å². The van der Waals surface area contributed by atoms with Crippen molar-refractivity contribution in [2.24, 2.45) is 0 Å². The van der Waals surface area contributed by atoms with Gasteiger partial charge in [-0.25, -0.2) is 0 Å². The summed E-state index contributed by atoms with van der Waals surface area (Å²) >= 11 is 0. The highest BCUT2D eigenvalue weighted by Crippen LogP contribution is 2.39. The monoisotopic (exact) mass is 187 g/mol. The Balaban J connectivity index is 2.68. The first kappa shape index (κ1) is 9.32. The lowest BCUT2D eigenvalue weighted by molar-refractivity contribution is -0.121. The second-order valence-electron chi connectivity index (χ2n) is 4.51. The van der Waals surface area contributed by atoms with Gasteiger partial charge in [-0.15, -0.1) is 0 Å². The molecule has 72 valence electrons. The van der Waals surface area contributed by atoms with Gasteiger partial charge in [0.2, 0.25) is 5.91 Å². The van der Waals surface area contributed by atoms with E-state index in [2.05, 4.69) is 18.2 Å². The maximum Gasteiger partial charge on any atom is 0.236 e. The molecule has 0 saturated carbocycles. The molecular weight excluding hydrogens is 173 g/mol. The predicted octanol–water partition coefficient (Wildman–Crippen LogP) is 0.199. The van der Waals surface area contributed by atoms with E-state index < -0.39 is 0 Å². The zero-order chi connectivity index (χ0) is 10.5. The van der Waals surface area contributed by atoms with E-state index in [1.807, 2.05) is 28.7 Å². The van der Waals surface area contributed by atoms with Crippen molar-refractivity contribution in [1.82, 2.24) is 0 Å². The van der Waals surface area contributed by atoms with Gasteiger partial charge in [0.15, 0.2) is 0 Å². The van der Waals surface area contributed by atoms with Crippen LogP contribution in [0.3, 0.4) is 0 Å². The molecule has 1 heterocycles. The van der Waals surface area contributed by atoms with E-state index in [-0.39, 0.29) is 11.3 Å². The summed E-state index contributed by atoms with van der Waals surface area (Å²) in [5.41, 5.74) is 3.02. The Morgan fingerprint density at radius 2 is 2.00 bits per heavy atom. The van der Waals surface area contributed by atoms with Crippen molar-refractivity contribution in [3.8, 4) is 0 Å². The fraction of sp³-hybridized carbons (Fsp3) is 0.364. The quantitative estimate of drug-likeness (QED) is 0.531. The molecule has 0 bridgehead atoms. The molecule has 1 aliphatic rings. The molecule has 0 spiro atoms. The van der Waals surface area contributed by atoms with Gasteiger partial charge in [-0.3, -0.25) is 4.79 Å². The Kier molecular flexibility index (Phi) is 1.75. The fourth-order valence-corrected chi connectivity index (χ4v) is 2.09. The number of likely N-dealkylation sites (N-methyl/N-ethyl adjacent to an activating group) is 1. The highest BCUT2D eigenvalue weighted by Gasteiger charge is 2.41. The van der Waals surface area contributed by atoms with Gasteiger partial charge in [0.25, 0.3) is 0 Å². The van der Waals surface area contributed by atoms with Gasteiger partial charge in [0.1, 0.15) is 7.85 Å². The molecule has 1 aliphatic heterocycles. The van der Waals surface area contributed by atoms with Gasteiger partial charge in [-0.05, 0) is 25.5 Å². The number of carbonyl (C=O) groups is 1. The van der Waals surface area contributed by atoms with Gasteiger partial charge in [0, 0.05) is 12.7 Å². The van der Waals surface area contributed by atoms with Crippen molar-refractivity contribution in [2.75, 3.05) is 11.9 Å². The van der Waals surface area contributed by atoms with Crippen LogP contribution in [0.4, 0.5) is 5.69 Å². The molecule has 0 unspecified atom stereocenters. The summed E-state index contributed by atoms with van der Waals surface area (Å²) in [4.78, 5) is 13.7. The molecule has 0 saturated heterocycles. The molecule has 14 heavy (non-hydrogen) atoms. The van der Waals surface area contributed by atoms with Crippen LogP contribution in [0.2, 0.25) is 0 Å². The maximum atomic E-state index is 11.9. The minimum Gasteiger partial charge on any atom is -0.314 e. The van der Waals surface area contributed by atoms with Crippen molar-refractivity contribution in [3.63, 3.8) is 0 Å². The third-order valence-corrected chi connectivity index (χ3v) is 3.03. The number of amides is 1. The van der Waals surface area contributed by atoms with E-state index >= 15 is 0 Å². The lowest BCUT2D eigenvalue weighted by atomic mass is 9.84. The lowest BCUT2D eigenvalue weighted by Gasteiger charge is -2.16. The summed E-state index contributed by atoms with van der Waals surface area (Å²) in [5.74, 6) is 0.179.